The molecule has 0 saturated carbocycles. The van der Waals surface area contributed by atoms with E-state index in [9.17, 15) is 4.79 Å². The quantitative estimate of drug-likeness (QED) is 0.431. The SMILES string of the molecule is CCC(=O)N1CCC(NC(=NC)NCc2ccccc2-c2ccc(Cn3cncn3)cc2)C1. The lowest BCUT2D eigenvalue weighted by Crippen LogP contribution is -2.44. The minimum absolute atomic E-state index is 0.212. The van der Waals surface area contributed by atoms with E-state index in [-0.39, 0.29) is 11.9 Å². The average molecular weight is 446 g/mol. The number of rotatable bonds is 7. The molecule has 1 unspecified atom stereocenters. The van der Waals surface area contributed by atoms with Crippen molar-refractivity contribution in [2.75, 3.05) is 20.1 Å². The Hall–Kier alpha value is -3.68. The van der Waals surface area contributed by atoms with Gasteiger partial charge in [-0.25, -0.2) is 9.67 Å². The van der Waals surface area contributed by atoms with Gasteiger partial charge in [-0.2, -0.15) is 5.10 Å². The Balaban J connectivity index is 1.38. The number of aromatic nitrogens is 3. The fourth-order valence-electron chi connectivity index (χ4n) is 4.14. The number of hydrogen-bond donors (Lipinski definition) is 2. The zero-order chi connectivity index (χ0) is 23.0. The first-order valence-electron chi connectivity index (χ1n) is 11.4. The highest BCUT2D eigenvalue weighted by atomic mass is 16.2. The van der Waals surface area contributed by atoms with Crippen LogP contribution in [0.1, 0.15) is 30.9 Å². The molecule has 0 radical (unpaired) electrons. The first-order chi connectivity index (χ1) is 16.2. The molecule has 1 fully saturated rings. The van der Waals surface area contributed by atoms with Gasteiger partial charge in [0.2, 0.25) is 5.91 Å². The lowest BCUT2D eigenvalue weighted by atomic mass is 9.98. The number of likely N-dealkylation sites (tertiary alicyclic amines) is 1. The molecule has 1 aliphatic rings. The molecule has 1 amide bonds. The standard InChI is InChI=1S/C25H31N7O/c1-3-24(33)31-13-12-22(16-31)30-25(26-2)28-14-21-6-4-5-7-23(21)20-10-8-19(9-11-20)15-32-18-27-17-29-32/h4-11,17-18,22H,3,12-16H2,1-2H3,(H2,26,28,30). The number of hydrogen-bond acceptors (Lipinski definition) is 4. The largest absolute Gasteiger partial charge is 0.352 e. The maximum Gasteiger partial charge on any atom is 0.222 e. The summed E-state index contributed by atoms with van der Waals surface area (Å²) >= 11 is 0. The molecule has 0 spiro atoms. The molecule has 8 heteroatoms. The summed E-state index contributed by atoms with van der Waals surface area (Å²) in [5.74, 6) is 0.965. The number of benzene rings is 2. The van der Waals surface area contributed by atoms with Gasteiger partial charge in [-0.3, -0.25) is 9.79 Å². The lowest BCUT2D eigenvalue weighted by molar-refractivity contribution is -0.129. The highest BCUT2D eigenvalue weighted by Crippen LogP contribution is 2.24. The van der Waals surface area contributed by atoms with E-state index in [2.05, 4.69) is 74.2 Å². The molecule has 33 heavy (non-hydrogen) atoms. The fourth-order valence-corrected chi connectivity index (χ4v) is 4.14. The van der Waals surface area contributed by atoms with Crippen molar-refractivity contribution < 1.29 is 4.79 Å². The minimum atomic E-state index is 0.212. The predicted octanol–water partition coefficient (Wildman–Crippen LogP) is 2.67. The third-order valence-electron chi connectivity index (χ3n) is 5.95. The van der Waals surface area contributed by atoms with Crippen LogP contribution in [-0.4, -0.2) is 57.7 Å². The zero-order valence-corrected chi connectivity index (χ0v) is 19.2. The summed E-state index contributed by atoms with van der Waals surface area (Å²) in [6, 6.07) is 17.2. The summed E-state index contributed by atoms with van der Waals surface area (Å²) in [4.78, 5) is 22.2. The van der Waals surface area contributed by atoms with Crippen molar-refractivity contribution >= 4 is 11.9 Å². The zero-order valence-electron chi connectivity index (χ0n) is 19.2. The van der Waals surface area contributed by atoms with Crippen LogP contribution in [0.25, 0.3) is 11.1 Å². The molecule has 0 aliphatic carbocycles. The molecule has 1 aliphatic heterocycles. The van der Waals surface area contributed by atoms with E-state index in [0.29, 0.717) is 19.5 Å². The number of guanidine groups is 1. The molecule has 172 valence electrons. The number of carbonyl (C=O) groups is 1. The summed E-state index contributed by atoms with van der Waals surface area (Å²) in [5, 5.41) is 11.1. The van der Waals surface area contributed by atoms with Crippen LogP contribution in [-0.2, 0) is 17.9 Å². The van der Waals surface area contributed by atoms with Crippen molar-refractivity contribution in [1.82, 2.24) is 30.3 Å². The van der Waals surface area contributed by atoms with E-state index in [4.69, 9.17) is 0 Å². The fraction of sp³-hybridized carbons (Fsp3) is 0.360. The molecule has 4 rings (SSSR count). The summed E-state index contributed by atoms with van der Waals surface area (Å²) in [7, 11) is 1.78. The van der Waals surface area contributed by atoms with Crippen molar-refractivity contribution in [3.05, 3.63) is 72.3 Å². The van der Waals surface area contributed by atoms with Crippen molar-refractivity contribution in [1.29, 1.82) is 0 Å². The summed E-state index contributed by atoms with van der Waals surface area (Å²) < 4.78 is 1.81. The average Bonchev–Trinajstić information content (AvgIpc) is 3.54. The highest BCUT2D eigenvalue weighted by Gasteiger charge is 2.25. The Labute approximate surface area is 194 Å². The third kappa shape index (κ3) is 5.77. The van der Waals surface area contributed by atoms with Crippen LogP contribution in [0.15, 0.2) is 66.2 Å². The van der Waals surface area contributed by atoms with Gasteiger partial charge in [0.1, 0.15) is 12.7 Å². The van der Waals surface area contributed by atoms with Crippen molar-refractivity contribution in [3.8, 4) is 11.1 Å². The number of nitrogens with zero attached hydrogens (tertiary/aromatic N) is 5. The van der Waals surface area contributed by atoms with Gasteiger partial charge in [0.05, 0.1) is 6.54 Å². The van der Waals surface area contributed by atoms with Gasteiger partial charge in [0, 0.05) is 39.1 Å². The van der Waals surface area contributed by atoms with Crippen LogP contribution in [0.3, 0.4) is 0 Å². The van der Waals surface area contributed by atoms with E-state index < -0.39 is 0 Å². The van der Waals surface area contributed by atoms with Crippen LogP contribution < -0.4 is 10.6 Å². The maximum atomic E-state index is 11.9. The number of nitrogens with one attached hydrogen (secondary N) is 2. The van der Waals surface area contributed by atoms with Gasteiger partial charge in [-0.1, -0.05) is 55.5 Å². The van der Waals surface area contributed by atoms with Crippen LogP contribution in [0, 0.1) is 0 Å². The van der Waals surface area contributed by atoms with E-state index in [0.717, 1.165) is 25.5 Å². The second-order valence-corrected chi connectivity index (χ2v) is 8.20. The Morgan fingerprint density at radius 3 is 2.73 bits per heavy atom. The molecule has 1 aromatic heterocycles. The molecule has 2 aromatic carbocycles. The van der Waals surface area contributed by atoms with Crippen molar-refractivity contribution in [2.45, 2.75) is 38.9 Å². The Morgan fingerprint density at radius 2 is 2.00 bits per heavy atom. The van der Waals surface area contributed by atoms with Gasteiger partial charge in [0.15, 0.2) is 5.96 Å². The molecule has 1 saturated heterocycles. The number of aliphatic imine (C=N–C) groups is 1. The van der Waals surface area contributed by atoms with Crippen molar-refractivity contribution in [2.24, 2.45) is 4.99 Å². The topological polar surface area (TPSA) is 87.4 Å². The van der Waals surface area contributed by atoms with Crippen LogP contribution in [0.4, 0.5) is 0 Å². The van der Waals surface area contributed by atoms with Crippen molar-refractivity contribution in [3.63, 3.8) is 0 Å². The van der Waals surface area contributed by atoms with E-state index >= 15 is 0 Å². The Bertz CT molecular complexity index is 1080. The minimum Gasteiger partial charge on any atom is -0.352 e. The van der Waals surface area contributed by atoms with E-state index in [1.807, 2.05) is 16.5 Å². The first kappa shape index (κ1) is 22.5. The van der Waals surface area contributed by atoms with Gasteiger partial charge >= 0.3 is 0 Å². The molecular weight excluding hydrogens is 414 g/mol. The smallest absolute Gasteiger partial charge is 0.222 e. The second kappa shape index (κ2) is 10.8. The molecule has 1 atom stereocenters. The van der Waals surface area contributed by atoms with Gasteiger partial charge in [0.25, 0.3) is 0 Å². The second-order valence-electron chi connectivity index (χ2n) is 8.20. The molecule has 3 aromatic rings. The summed E-state index contributed by atoms with van der Waals surface area (Å²) in [6.07, 6.45) is 4.76. The molecular formula is C25H31N7O. The maximum absolute atomic E-state index is 11.9. The van der Waals surface area contributed by atoms with Gasteiger partial charge in [-0.05, 0) is 28.7 Å². The molecule has 2 heterocycles. The Kier molecular flexibility index (Phi) is 7.34. The van der Waals surface area contributed by atoms with Crippen LogP contribution in [0.2, 0.25) is 0 Å². The molecule has 2 N–H and O–H groups in total. The highest BCUT2D eigenvalue weighted by molar-refractivity contribution is 5.81. The normalized spacial score (nSPS) is 16.1. The van der Waals surface area contributed by atoms with Gasteiger partial charge in [-0.15, -0.1) is 0 Å². The third-order valence-corrected chi connectivity index (χ3v) is 5.95. The lowest BCUT2D eigenvalue weighted by Gasteiger charge is -2.19. The summed E-state index contributed by atoms with van der Waals surface area (Å²) in [6.45, 7) is 4.79. The number of amides is 1. The Morgan fingerprint density at radius 1 is 1.18 bits per heavy atom. The monoisotopic (exact) mass is 445 g/mol. The summed E-state index contributed by atoms with van der Waals surface area (Å²) in [5.41, 5.74) is 4.73. The number of carbonyl (C=O) groups excluding carboxylic acids is 1. The van der Waals surface area contributed by atoms with Crippen LogP contribution >= 0.6 is 0 Å². The van der Waals surface area contributed by atoms with Gasteiger partial charge < -0.3 is 15.5 Å². The first-order valence-corrected chi connectivity index (χ1v) is 11.4. The van der Waals surface area contributed by atoms with Crippen LogP contribution in [0.5, 0.6) is 0 Å². The van der Waals surface area contributed by atoms with E-state index in [1.165, 1.54) is 22.3 Å². The molecule has 8 nitrogen and oxygen atoms in total. The van der Waals surface area contributed by atoms with E-state index in [1.54, 1.807) is 19.7 Å². The predicted molar refractivity (Wildman–Crippen MR) is 130 cm³/mol. The molecule has 0 bridgehead atoms.